The zero-order chi connectivity index (χ0) is 24.1. The first-order valence-electron chi connectivity index (χ1n) is 11.8. The molecule has 4 rings (SSSR count). The van der Waals surface area contributed by atoms with Crippen LogP contribution in [-0.4, -0.2) is 39.0 Å². The van der Waals surface area contributed by atoms with Gasteiger partial charge in [0.1, 0.15) is 5.00 Å². The molecule has 0 bridgehead atoms. The SMILES string of the molecule is CCCn1c(SCC(=O)Nc2sc3c(c2C(=O)OCC)CCCC3)nnc1-c1csc(CC)c1. The van der Waals surface area contributed by atoms with E-state index in [0.717, 1.165) is 67.2 Å². The highest BCUT2D eigenvalue weighted by atomic mass is 32.2. The van der Waals surface area contributed by atoms with Gasteiger partial charge in [0.25, 0.3) is 0 Å². The fraction of sp³-hybridized carbons (Fsp3) is 0.500. The maximum absolute atomic E-state index is 12.9. The highest BCUT2D eigenvalue weighted by molar-refractivity contribution is 7.99. The van der Waals surface area contributed by atoms with E-state index in [-0.39, 0.29) is 17.6 Å². The number of fused-ring (bicyclic) bond motifs is 1. The standard InChI is InChI=1S/C24H30N4O3S3/c1-4-11-28-21(15-12-16(5-2)32-13-15)26-27-24(28)33-14-19(29)25-22-20(23(30)31-6-3)17-9-7-8-10-18(17)34-22/h12-13H,4-11,14H2,1-3H3,(H,25,29). The number of nitrogens with one attached hydrogen (secondary N) is 1. The molecule has 1 aliphatic carbocycles. The average molecular weight is 519 g/mol. The summed E-state index contributed by atoms with van der Waals surface area (Å²) in [5.41, 5.74) is 2.66. The first kappa shape index (κ1) is 24.9. The van der Waals surface area contributed by atoms with Crippen molar-refractivity contribution in [3.05, 3.63) is 32.3 Å². The number of carbonyl (C=O) groups excluding carboxylic acids is 2. The molecule has 0 radical (unpaired) electrons. The van der Waals surface area contributed by atoms with Crippen molar-refractivity contribution < 1.29 is 14.3 Å². The van der Waals surface area contributed by atoms with E-state index in [0.29, 0.717) is 17.2 Å². The first-order chi connectivity index (χ1) is 16.5. The summed E-state index contributed by atoms with van der Waals surface area (Å²) >= 11 is 4.61. The van der Waals surface area contributed by atoms with Gasteiger partial charge in [-0.3, -0.25) is 4.79 Å². The van der Waals surface area contributed by atoms with Gasteiger partial charge in [-0.05, 0) is 57.1 Å². The number of ether oxygens (including phenoxy) is 1. The number of carbonyl (C=O) groups is 2. The van der Waals surface area contributed by atoms with Crippen molar-refractivity contribution >= 4 is 51.3 Å². The summed E-state index contributed by atoms with van der Waals surface area (Å²) in [5.74, 6) is 0.525. The molecule has 1 N–H and O–H groups in total. The van der Waals surface area contributed by atoms with Crippen molar-refractivity contribution in [1.82, 2.24) is 14.8 Å². The van der Waals surface area contributed by atoms with Crippen LogP contribution >= 0.6 is 34.4 Å². The van der Waals surface area contributed by atoms with Crippen LogP contribution in [0.3, 0.4) is 0 Å². The maximum Gasteiger partial charge on any atom is 0.341 e. The quantitative estimate of drug-likeness (QED) is 0.269. The van der Waals surface area contributed by atoms with E-state index < -0.39 is 0 Å². The molecule has 3 aromatic heterocycles. The summed E-state index contributed by atoms with van der Waals surface area (Å²) in [4.78, 5) is 28.0. The minimum atomic E-state index is -0.348. The van der Waals surface area contributed by atoms with Crippen LogP contribution in [0.4, 0.5) is 5.00 Å². The lowest BCUT2D eigenvalue weighted by atomic mass is 9.95. The van der Waals surface area contributed by atoms with E-state index in [1.165, 1.54) is 32.9 Å². The lowest BCUT2D eigenvalue weighted by molar-refractivity contribution is -0.113. The van der Waals surface area contributed by atoms with Crippen LogP contribution in [0.25, 0.3) is 11.4 Å². The fourth-order valence-corrected chi connectivity index (χ4v) is 6.96. The van der Waals surface area contributed by atoms with Crippen LogP contribution in [0.1, 0.15) is 65.7 Å². The number of esters is 1. The van der Waals surface area contributed by atoms with Crippen molar-refractivity contribution in [2.24, 2.45) is 0 Å². The molecule has 3 heterocycles. The van der Waals surface area contributed by atoms with Crippen LogP contribution in [0, 0.1) is 0 Å². The molecule has 0 aliphatic heterocycles. The number of hydrogen-bond acceptors (Lipinski definition) is 8. The minimum Gasteiger partial charge on any atom is -0.462 e. The Morgan fingerprint density at radius 3 is 2.76 bits per heavy atom. The highest BCUT2D eigenvalue weighted by Crippen LogP contribution is 2.39. The summed E-state index contributed by atoms with van der Waals surface area (Å²) in [7, 11) is 0. The van der Waals surface area contributed by atoms with Gasteiger partial charge in [-0.25, -0.2) is 4.79 Å². The Hall–Kier alpha value is -2.17. The zero-order valence-electron chi connectivity index (χ0n) is 19.8. The Labute approximate surface area is 212 Å². The Balaban J connectivity index is 1.48. The number of amides is 1. The summed E-state index contributed by atoms with van der Waals surface area (Å²) in [5, 5.41) is 15.2. The fourth-order valence-electron chi connectivity index (χ4n) is 4.08. The lowest BCUT2D eigenvalue weighted by Gasteiger charge is -2.12. The summed E-state index contributed by atoms with van der Waals surface area (Å²) in [6.07, 6.45) is 5.91. The highest BCUT2D eigenvalue weighted by Gasteiger charge is 2.27. The third-order valence-corrected chi connectivity index (χ3v) is 8.92. The predicted octanol–water partition coefficient (Wildman–Crippen LogP) is 5.83. The Bertz CT molecular complexity index is 1160. The van der Waals surface area contributed by atoms with E-state index >= 15 is 0 Å². The van der Waals surface area contributed by atoms with Crippen molar-refractivity contribution in [2.45, 2.75) is 71.0 Å². The van der Waals surface area contributed by atoms with Crippen molar-refractivity contribution in [1.29, 1.82) is 0 Å². The Morgan fingerprint density at radius 1 is 1.21 bits per heavy atom. The molecule has 1 amide bonds. The van der Waals surface area contributed by atoms with E-state index in [1.807, 2.05) is 0 Å². The third-order valence-electron chi connectivity index (χ3n) is 5.66. The predicted molar refractivity (Wildman–Crippen MR) is 139 cm³/mol. The molecule has 0 saturated heterocycles. The smallest absolute Gasteiger partial charge is 0.341 e. The topological polar surface area (TPSA) is 86.1 Å². The molecule has 0 fully saturated rings. The van der Waals surface area contributed by atoms with E-state index in [2.05, 4.69) is 45.4 Å². The van der Waals surface area contributed by atoms with Gasteiger partial charge in [0.05, 0.1) is 17.9 Å². The van der Waals surface area contributed by atoms with E-state index in [4.69, 9.17) is 4.74 Å². The van der Waals surface area contributed by atoms with Gasteiger partial charge < -0.3 is 14.6 Å². The zero-order valence-corrected chi connectivity index (χ0v) is 22.3. The molecular formula is C24H30N4O3S3. The number of aryl methyl sites for hydroxylation is 2. The second kappa shape index (κ2) is 11.5. The molecule has 7 nitrogen and oxygen atoms in total. The molecule has 0 spiro atoms. The number of aromatic nitrogens is 3. The summed E-state index contributed by atoms with van der Waals surface area (Å²) in [6.45, 7) is 7.15. The van der Waals surface area contributed by atoms with Gasteiger partial charge in [0.2, 0.25) is 5.91 Å². The Kier molecular flexibility index (Phi) is 8.44. The van der Waals surface area contributed by atoms with Crippen molar-refractivity contribution in [2.75, 3.05) is 17.7 Å². The average Bonchev–Trinajstić information content (AvgIpc) is 3.54. The van der Waals surface area contributed by atoms with Crippen molar-refractivity contribution in [3.8, 4) is 11.4 Å². The number of thiophene rings is 2. The minimum absolute atomic E-state index is 0.162. The van der Waals surface area contributed by atoms with Crippen LogP contribution in [-0.2, 0) is 35.3 Å². The lowest BCUT2D eigenvalue weighted by Crippen LogP contribution is -2.17. The maximum atomic E-state index is 12.9. The van der Waals surface area contributed by atoms with Gasteiger partial charge in [-0.1, -0.05) is 25.6 Å². The largest absolute Gasteiger partial charge is 0.462 e. The van der Waals surface area contributed by atoms with Crippen LogP contribution < -0.4 is 5.32 Å². The van der Waals surface area contributed by atoms with E-state index in [1.54, 1.807) is 18.3 Å². The van der Waals surface area contributed by atoms with Gasteiger partial charge in [-0.15, -0.1) is 32.9 Å². The molecule has 0 saturated carbocycles. The summed E-state index contributed by atoms with van der Waals surface area (Å²) in [6, 6.07) is 2.16. The molecule has 182 valence electrons. The van der Waals surface area contributed by atoms with Gasteiger partial charge in [0, 0.05) is 27.2 Å². The van der Waals surface area contributed by atoms with Crippen LogP contribution in [0.5, 0.6) is 0 Å². The van der Waals surface area contributed by atoms with Gasteiger partial charge in [0.15, 0.2) is 11.0 Å². The van der Waals surface area contributed by atoms with Gasteiger partial charge >= 0.3 is 5.97 Å². The molecule has 0 unspecified atom stereocenters. The monoisotopic (exact) mass is 518 g/mol. The molecule has 34 heavy (non-hydrogen) atoms. The number of rotatable bonds is 10. The number of nitrogens with zero attached hydrogens (tertiary/aromatic N) is 3. The molecule has 0 aromatic carbocycles. The summed E-state index contributed by atoms with van der Waals surface area (Å²) < 4.78 is 7.38. The number of anilines is 1. The number of thioether (sulfide) groups is 1. The number of hydrogen-bond donors (Lipinski definition) is 1. The molecular weight excluding hydrogens is 488 g/mol. The van der Waals surface area contributed by atoms with Crippen molar-refractivity contribution in [3.63, 3.8) is 0 Å². The van der Waals surface area contributed by atoms with E-state index in [9.17, 15) is 9.59 Å². The third kappa shape index (κ3) is 5.39. The molecule has 1 aliphatic rings. The Morgan fingerprint density at radius 2 is 2.03 bits per heavy atom. The molecule has 0 atom stereocenters. The van der Waals surface area contributed by atoms with Crippen LogP contribution in [0.15, 0.2) is 16.6 Å². The van der Waals surface area contributed by atoms with Gasteiger partial charge in [-0.2, -0.15) is 0 Å². The normalized spacial score (nSPS) is 13.0. The second-order valence-corrected chi connectivity index (χ2v) is 11.1. The molecule has 3 aromatic rings. The molecule has 10 heteroatoms. The first-order valence-corrected chi connectivity index (χ1v) is 14.5. The second-order valence-electron chi connectivity index (χ2n) is 8.09. The van der Waals surface area contributed by atoms with Crippen LogP contribution in [0.2, 0.25) is 0 Å².